The van der Waals surface area contributed by atoms with E-state index in [4.69, 9.17) is 9.97 Å². The Balaban J connectivity index is 0.00000417. The molecule has 0 spiro atoms. The number of piperidine rings is 1. The van der Waals surface area contributed by atoms with E-state index in [1.165, 1.54) is 6.07 Å². The molecule has 2 fully saturated rings. The molecule has 12 heteroatoms. The van der Waals surface area contributed by atoms with Crippen molar-refractivity contribution in [3.63, 3.8) is 0 Å². The molecule has 46 heavy (non-hydrogen) atoms. The second-order valence-corrected chi connectivity index (χ2v) is 16.0. The van der Waals surface area contributed by atoms with Gasteiger partial charge in [-0.3, -0.25) is 9.78 Å². The summed E-state index contributed by atoms with van der Waals surface area (Å²) in [5.41, 5.74) is 2.56. The maximum absolute atomic E-state index is 13.7. The zero-order chi connectivity index (χ0) is 32.0. The van der Waals surface area contributed by atoms with E-state index in [9.17, 15) is 13.2 Å². The summed E-state index contributed by atoms with van der Waals surface area (Å²) < 4.78 is 29.3. The van der Waals surface area contributed by atoms with Crippen LogP contribution in [0.15, 0.2) is 53.6 Å². The first-order chi connectivity index (χ1) is 21.3. The highest BCUT2D eigenvalue weighted by Gasteiger charge is 2.41. The lowest BCUT2D eigenvalue weighted by Gasteiger charge is -2.34. The highest BCUT2D eigenvalue weighted by molar-refractivity contribution is 7.90. The molecule has 6 rings (SSSR count). The van der Waals surface area contributed by atoms with E-state index in [1.54, 1.807) is 18.2 Å². The summed E-state index contributed by atoms with van der Waals surface area (Å²) in [7, 11) is -4.27. The molecule has 0 aromatic carbocycles. The summed E-state index contributed by atoms with van der Waals surface area (Å²) in [4.78, 5) is 30.5. The molecule has 3 aromatic rings. The fourth-order valence-corrected chi connectivity index (χ4v) is 7.89. The van der Waals surface area contributed by atoms with Crippen molar-refractivity contribution in [2.75, 3.05) is 29.9 Å². The number of fused-ring (bicyclic) bond motifs is 6. The van der Waals surface area contributed by atoms with Gasteiger partial charge in [-0.2, -0.15) is 8.42 Å². The minimum atomic E-state index is -4.27. The summed E-state index contributed by atoms with van der Waals surface area (Å²) in [6, 6.07) is 14.4. The molecule has 0 unspecified atom stereocenters. The highest BCUT2D eigenvalue weighted by atomic mass is 35.5. The van der Waals surface area contributed by atoms with Gasteiger partial charge in [-0.05, 0) is 101 Å². The van der Waals surface area contributed by atoms with Crippen LogP contribution in [0.1, 0.15) is 106 Å². The van der Waals surface area contributed by atoms with Crippen LogP contribution in [0.5, 0.6) is 0 Å². The monoisotopic (exact) mass is 667 g/mol. The molecule has 2 saturated heterocycles. The van der Waals surface area contributed by atoms with Crippen molar-refractivity contribution in [2.24, 2.45) is 5.92 Å². The SMILES string of the molecule is CC(C)(C)c1ccc2c(n1)N1C[C@@H](CC[C@H](c3cccc(C4CCNCC4)n3)Nc3cccc(n3)S(=O)(=O)NC2=O)CC1(C)C.Cl. The van der Waals surface area contributed by atoms with Gasteiger partial charge in [0.2, 0.25) is 0 Å². The average molecular weight is 668 g/mol. The van der Waals surface area contributed by atoms with E-state index in [0.717, 1.165) is 62.3 Å². The quantitative estimate of drug-likeness (QED) is 0.314. The van der Waals surface area contributed by atoms with Crippen LogP contribution in [0, 0.1) is 5.92 Å². The maximum Gasteiger partial charge on any atom is 0.281 e. The predicted molar refractivity (Wildman–Crippen MR) is 183 cm³/mol. The number of anilines is 2. The summed E-state index contributed by atoms with van der Waals surface area (Å²) >= 11 is 0. The number of carbonyl (C=O) groups is 1. The van der Waals surface area contributed by atoms with Gasteiger partial charge in [0, 0.05) is 34.8 Å². The van der Waals surface area contributed by atoms with E-state index in [2.05, 4.69) is 78.1 Å². The van der Waals surface area contributed by atoms with Crippen molar-refractivity contribution in [3.8, 4) is 0 Å². The predicted octanol–water partition coefficient (Wildman–Crippen LogP) is 5.73. The standard InChI is InChI=1S/C34H45N7O3S.ClH/c1-33(2,3)28-15-13-24-31(38-28)41-21-22(20-34(41,4)5)12-14-27(26-9-6-8-25(36-26)23-16-18-35-19-17-23)37-29-10-7-11-30(39-29)45(43,44)40-32(24)42;/h6-11,13,15,22-23,27,35H,12,14,16-21H2,1-5H3,(H,37,39)(H,40,42);1H/t22-,27+;/m0./s1. The van der Waals surface area contributed by atoms with Gasteiger partial charge in [0.1, 0.15) is 11.6 Å². The molecule has 0 aliphatic carbocycles. The van der Waals surface area contributed by atoms with Crippen molar-refractivity contribution in [1.29, 1.82) is 0 Å². The Hall–Kier alpha value is -3.28. The van der Waals surface area contributed by atoms with Gasteiger partial charge in [0.05, 0.1) is 17.3 Å². The molecular formula is C34H46ClN7O3S. The highest BCUT2D eigenvalue weighted by Crippen LogP contribution is 2.41. The minimum absolute atomic E-state index is 0. The van der Waals surface area contributed by atoms with Crippen LogP contribution in [-0.4, -0.2) is 54.5 Å². The van der Waals surface area contributed by atoms with E-state index in [-0.39, 0.29) is 40.0 Å². The van der Waals surface area contributed by atoms with Crippen LogP contribution in [0.2, 0.25) is 0 Å². The summed E-state index contributed by atoms with van der Waals surface area (Å²) in [5.74, 6) is 0.971. The van der Waals surface area contributed by atoms with Gasteiger partial charge >= 0.3 is 0 Å². The van der Waals surface area contributed by atoms with E-state index < -0.39 is 15.9 Å². The Morgan fingerprint density at radius 3 is 2.35 bits per heavy atom. The topological polar surface area (TPSA) is 129 Å². The van der Waals surface area contributed by atoms with Crippen LogP contribution < -0.4 is 20.3 Å². The van der Waals surface area contributed by atoms with Crippen molar-refractivity contribution < 1.29 is 13.2 Å². The van der Waals surface area contributed by atoms with Gasteiger partial charge in [-0.15, -0.1) is 12.4 Å². The molecule has 248 valence electrons. The first-order valence-corrected chi connectivity index (χ1v) is 17.6. The smallest absolute Gasteiger partial charge is 0.281 e. The molecule has 0 radical (unpaired) electrons. The van der Waals surface area contributed by atoms with Gasteiger partial charge in [0.15, 0.2) is 5.03 Å². The Labute approximate surface area is 279 Å². The number of aromatic nitrogens is 3. The summed E-state index contributed by atoms with van der Waals surface area (Å²) in [6.07, 6.45) is 4.73. The largest absolute Gasteiger partial charge is 0.362 e. The second kappa shape index (κ2) is 13.1. The Bertz CT molecular complexity index is 1690. The number of halogens is 1. The van der Waals surface area contributed by atoms with Gasteiger partial charge in [-0.1, -0.05) is 32.9 Å². The lowest BCUT2D eigenvalue weighted by atomic mass is 9.90. The first kappa shape index (κ1) is 34.1. The molecular weight excluding hydrogens is 622 g/mol. The fourth-order valence-electron chi connectivity index (χ4n) is 6.96. The number of amides is 1. The second-order valence-electron chi connectivity index (χ2n) is 14.4. The summed E-state index contributed by atoms with van der Waals surface area (Å²) in [6.45, 7) is 13.3. The van der Waals surface area contributed by atoms with E-state index in [1.807, 2.05) is 6.07 Å². The number of nitrogens with zero attached hydrogens (tertiary/aromatic N) is 4. The number of sulfonamides is 1. The molecule has 4 bridgehead atoms. The molecule has 3 N–H and O–H groups in total. The third-order valence-corrected chi connectivity index (χ3v) is 10.7. The number of rotatable bonds is 2. The van der Waals surface area contributed by atoms with E-state index >= 15 is 0 Å². The minimum Gasteiger partial charge on any atom is -0.362 e. The Kier molecular flexibility index (Phi) is 9.69. The maximum atomic E-state index is 13.7. The van der Waals surface area contributed by atoms with Gasteiger partial charge in [0.25, 0.3) is 15.9 Å². The molecule has 0 saturated carbocycles. The Morgan fingerprint density at radius 2 is 1.61 bits per heavy atom. The first-order valence-electron chi connectivity index (χ1n) is 16.1. The molecule has 1 amide bonds. The number of hydrogen-bond donors (Lipinski definition) is 3. The van der Waals surface area contributed by atoms with Crippen molar-refractivity contribution in [1.82, 2.24) is 25.0 Å². The fraction of sp³-hybridized carbons (Fsp3) is 0.529. The van der Waals surface area contributed by atoms with Crippen LogP contribution in [0.3, 0.4) is 0 Å². The number of pyridine rings is 3. The number of nitrogens with one attached hydrogen (secondary N) is 3. The van der Waals surface area contributed by atoms with Crippen LogP contribution in [0.4, 0.5) is 11.6 Å². The number of hydrogen-bond acceptors (Lipinski definition) is 9. The molecule has 10 nitrogen and oxygen atoms in total. The lowest BCUT2D eigenvalue weighted by Crippen LogP contribution is -2.41. The number of carbonyl (C=O) groups excluding carboxylic acids is 1. The van der Waals surface area contributed by atoms with Crippen molar-refractivity contribution in [2.45, 2.75) is 94.7 Å². The van der Waals surface area contributed by atoms with Crippen molar-refractivity contribution in [3.05, 3.63) is 71.2 Å². The van der Waals surface area contributed by atoms with E-state index in [0.29, 0.717) is 30.0 Å². The lowest BCUT2D eigenvalue weighted by molar-refractivity contribution is 0.0981. The van der Waals surface area contributed by atoms with Gasteiger partial charge in [-0.25, -0.2) is 14.7 Å². The zero-order valence-electron chi connectivity index (χ0n) is 27.3. The van der Waals surface area contributed by atoms with Crippen LogP contribution in [-0.2, 0) is 15.4 Å². The Morgan fingerprint density at radius 1 is 0.891 bits per heavy atom. The van der Waals surface area contributed by atoms with Crippen LogP contribution >= 0.6 is 12.4 Å². The normalized spacial score (nSPS) is 23.2. The third kappa shape index (κ3) is 7.16. The molecule has 2 atom stereocenters. The van der Waals surface area contributed by atoms with Crippen molar-refractivity contribution >= 4 is 40.0 Å². The molecule has 6 heterocycles. The molecule has 3 aliphatic rings. The van der Waals surface area contributed by atoms with Crippen LogP contribution in [0.25, 0.3) is 0 Å². The summed E-state index contributed by atoms with van der Waals surface area (Å²) in [5, 5.41) is 6.72. The molecule has 3 aromatic heterocycles. The van der Waals surface area contributed by atoms with Gasteiger partial charge < -0.3 is 15.5 Å². The molecule has 3 aliphatic heterocycles. The zero-order valence-corrected chi connectivity index (χ0v) is 29.0. The third-order valence-electron chi connectivity index (χ3n) is 9.42. The average Bonchev–Trinajstić information content (AvgIpc) is 3.32.